The van der Waals surface area contributed by atoms with E-state index in [1.807, 2.05) is 0 Å². The first-order valence-corrected chi connectivity index (χ1v) is 13.3. The zero-order chi connectivity index (χ0) is 28.0. The number of methoxy groups -OCH3 is 1. The molecule has 3 atom stereocenters. The van der Waals surface area contributed by atoms with Crippen LogP contribution < -0.4 is 4.74 Å². The number of hydrogen-bond donors (Lipinski definition) is 1. The highest BCUT2D eigenvalue weighted by atomic mass is 19.4. The summed E-state index contributed by atoms with van der Waals surface area (Å²) in [7, 11) is 1.55. The van der Waals surface area contributed by atoms with Gasteiger partial charge >= 0.3 is 12.1 Å². The second-order valence-corrected chi connectivity index (χ2v) is 10.2. The zero-order valence-corrected chi connectivity index (χ0v) is 22.0. The summed E-state index contributed by atoms with van der Waals surface area (Å²) in [6.45, 7) is 1.69. The van der Waals surface area contributed by atoms with Gasteiger partial charge < -0.3 is 14.7 Å². The lowest BCUT2D eigenvalue weighted by atomic mass is 9.81. The predicted molar refractivity (Wildman–Crippen MR) is 141 cm³/mol. The molecule has 9 heteroatoms. The number of benzene rings is 2. The second kappa shape index (κ2) is 12.8. The molecule has 3 aromatic rings. The number of likely N-dealkylation sites (tertiary alicyclic amines) is 1. The van der Waals surface area contributed by atoms with Crippen LogP contribution >= 0.6 is 0 Å². The number of ether oxygens (including phenoxy) is 1. The minimum absolute atomic E-state index is 0.140. The molecule has 1 aromatic heterocycles. The first kappa shape index (κ1) is 28.8. The van der Waals surface area contributed by atoms with Crippen molar-refractivity contribution >= 4 is 16.9 Å². The Morgan fingerprint density at radius 2 is 1.97 bits per heavy atom. The van der Waals surface area contributed by atoms with E-state index in [9.17, 15) is 23.1 Å². The van der Waals surface area contributed by atoms with Crippen LogP contribution in [0.1, 0.15) is 55.0 Å². The molecule has 1 aliphatic rings. The number of alkyl halides is 4. The number of aliphatic carboxylic acids is 1. The molecule has 0 bridgehead atoms. The van der Waals surface area contributed by atoms with Crippen LogP contribution in [0.4, 0.5) is 17.6 Å². The molecule has 1 saturated heterocycles. The molecule has 0 amide bonds. The molecule has 0 saturated carbocycles. The lowest BCUT2D eigenvalue weighted by Gasteiger charge is -2.37. The first-order chi connectivity index (χ1) is 18.7. The summed E-state index contributed by atoms with van der Waals surface area (Å²) in [5.41, 5.74) is 0.889. The van der Waals surface area contributed by atoms with E-state index in [1.165, 1.54) is 12.1 Å². The fourth-order valence-corrected chi connectivity index (χ4v) is 5.62. The Hall–Kier alpha value is -3.20. The minimum Gasteiger partial charge on any atom is -0.497 e. The number of hydrogen-bond acceptors (Lipinski definition) is 4. The van der Waals surface area contributed by atoms with Gasteiger partial charge in [-0.25, -0.2) is 4.39 Å². The third-order valence-corrected chi connectivity index (χ3v) is 7.76. The first-order valence-electron chi connectivity index (χ1n) is 13.3. The van der Waals surface area contributed by atoms with Crippen LogP contribution in [0, 0.1) is 11.8 Å². The van der Waals surface area contributed by atoms with Crippen LogP contribution in [0.5, 0.6) is 5.75 Å². The second-order valence-electron chi connectivity index (χ2n) is 10.2. The summed E-state index contributed by atoms with van der Waals surface area (Å²) in [6, 6.07) is 12.6. The van der Waals surface area contributed by atoms with Crippen molar-refractivity contribution < 1.29 is 32.2 Å². The Balaban J connectivity index is 1.29. The van der Waals surface area contributed by atoms with Crippen molar-refractivity contribution in [1.82, 2.24) is 9.88 Å². The number of aromatic nitrogens is 1. The van der Waals surface area contributed by atoms with Crippen molar-refractivity contribution in [2.24, 2.45) is 11.8 Å². The van der Waals surface area contributed by atoms with Crippen molar-refractivity contribution in [3.05, 3.63) is 71.4 Å². The van der Waals surface area contributed by atoms with Gasteiger partial charge in [0.2, 0.25) is 0 Å². The number of nitrogens with zero attached hydrogens (tertiary/aromatic N) is 2. The molecular formula is C30H34F4N2O3. The molecule has 1 fully saturated rings. The molecule has 5 nitrogen and oxygen atoms in total. The van der Waals surface area contributed by atoms with E-state index < -0.39 is 29.8 Å². The molecule has 1 N–H and O–H groups in total. The van der Waals surface area contributed by atoms with Crippen molar-refractivity contribution in [2.45, 2.75) is 50.9 Å². The van der Waals surface area contributed by atoms with E-state index in [4.69, 9.17) is 4.74 Å². The number of unbranched alkanes of at least 4 members (excludes halogenated alkanes) is 1. The van der Waals surface area contributed by atoms with Crippen LogP contribution in [0.25, 0.3) is 10.9 Å². The SMILES string of the molecule is COc1ccc2nccc([C@@H](F)CC[C@@H]3CCN(CCCCc4ccccc4C(F)(F)F)C[C@@H]3C(=O)O)c2c1. The fraction of sp³-hybridized carbons (Fsp3) is 0.467. The minimum atomic E-state index is -4.37. The summed E-state index contributed by atoms with van der Waals surface area (Å²) >= 11 is 0. The predicted octanol–water partition coefficient (Wildman–Crippen LogP) is 7.10. The smallest absolute Gasteiger partial charge is 0.416 e. The monoisotopic (exact) mass is 546 g/mol. The highest BCUT2D eigenvalue weighted by Crippen LogP contribution is 2.36. The summed E-state index contributed by atoms with van der Waals surface area (Å²) in [6.07, 6.45) is -1.16. The van der Waals surface area contributed by atoms with Gasteiger partial charge in [0.15, 0.2) is 0 Å². The van der Waals surface area contributed by atoms with Crippen LogP contribution in [0.3, 0.4) is 0 Å². The van der Waals surface area contributed by atoms with Gasteiger partial charge in [0.25, 0.3) is 0 Å². The van der Waals surface area contributed by atoms with Crippen molar-refractivity contribution in [2.75, 3.05) is 26.7 Å². The maximum Gasteiger partial charge on any atom is 0.416 e. The van der Waals surface area contributed by atoms with E-state index in [-0.39, 0.29) is 17.9 Å². The molecule has 210 valence electrons. The lowest BCUT2D eigenvalue weighted by Crippen LogP contribution is -2.44. The van der Waals surface area contributed by atoms with Gasteiger partial charge in [-0.1, -0.05) is 18.2 Å². The van der Waals surface area contributed by atoms with E-state index in [0.29, 0.717) is 74.0 Å². The topological polar surface area (TPSA) is 62.7 Å². The average molecular weight is 547 g/mol. The van der Waals surface area contributed by atoms with Crippen molar-refractivity contribution in [3.8, 4) is 5.75 Å². The number of fused-ring (bicyclic) bond motifs is 1. The summed E-state index contributed by atoms with van der Waals surface area (Å²) in [5, 5.41) is 10.6. The molecule has 2 aromatic carbocycles. The standard InChI is InChI=1S/C30H34F4N2O3/c1-39-22-10-12-28-24(18-22)23(13-15-35-28)27(31)11-9-20-14-17-36(19-25(20)29(37)38)16-5-4-7-21-6-2-3-8-26(21)30(32,33)34/h2-3,6,8,10,12-13,15,18,20,25,27H,4-5,7,9,11,14,16-17,19H2,1H3,(H,37,38)/t20-,25+,27+/m1/s1. The van der Waals surface area contributed by atoms with Crippen LogP contribution in [0.15, 0.2) is 54.7 Å². The number of carbonyl (C=O) groups is 1. The molecule has 1 aliphatic heterocycles. The Morgan fingerprint density at radius 3 is 2.72 bits per heavy atom. The van der Waals surface area contributed by atoms with E-state index in [1.54, 1.807) is 43.6 Å². The van der Waals surface area contributed by atoms with E-state index in [2.05, 4.69) is 9.88 Å². The van der Waals surface area contributed by atoms with Crippen molar-refractivity contribution in [3.63, 3.8) is 0 Å². The molecule has 39 heavy (non-hydrogen) atoms. The summed E-state index contributed by atoms with van der Waals surface area (Å²) in [4.78, 5) is 18.4. The van der Waals surface area contributed by atoms with Crippen LogP contribution in [-0.4, -0.2) is 47.7 Å². The molecule has 2 heterocycles. The van der Waals surface area contributed by atoms with Gasteiger partial charge in [-0.2, -0.15) is 13.2 Å². The number of piperidine rings is 1. The van der Waals surface area contributed by atoms with Gasteiger partial charge in [0, 0.05) is 18.1 Å². The number of carboxylic acids is 1. The van der Waals surface area contributed by atoms with Gasteiger partial charge in [-0.3, -0.25) is 9.78 Å². The normalized spacial score (nSPS) is 19.2. The van der Waals surface area contributed by atoms with E-state index >= 15 is 4.39 Å². The van der Waals surface area contributed by atoms with Gasteiger partial charge in [-0.05, 0) is 99.0 Å². The number of carboxylic acid groups (broad SMARTS) is 1. The average Bonchev–Trinajstić information content (AvgIpc) is 2.93. The highest BCUT2D eigenvalue weighted by Gasteiger charge is 2.35. The molecule has 0 radical (unpaired) electrons. The molecule has 0 unspecified atom stereocenters. The van der Waals surface area contributed by atoms with E-state index in [0.717, 1.165) is 6.07 Å². The summed E-state index contributed by atoms with van der Waals surface area (Å²) < 4.78 is 60.3. The highest BCUT2D eigenvalue weighted by molar-refractivity contribution is 5.83. The van der Waals surface area contributed by atoms with Gasteiger partial charge in [0.1, 0.15) is 11.9 Å². The van der Waals surface area contributed by atoms with Gasteiger partial charge in [0.05, 0.1) is 24.1 Å². The lowest BCUT2D eigenvalue weighted by molar-refractivity contribution is -0.146. The maximum absolute atomic E-state index is 15.4. The van der Waals surface area contributed by atoms with Crippen LogP contribution in [-0.2, 0) is 17.4 Å². The third kappa shape index (κ3) is 7.26. The largest absolute Gasteiger partial charge is 0.497 e. The quantitative estimate of drug-likeness (QED) is 0.205. The molecule has 0 spiro atoms. The Morgan fingerprint density at radius 1 is 1.18 bits per heavy atom. The maximum atomic E-state index is 15.4. The number of pyridine rings is 1. The molecular weight excluding hydrogens is 512 g/mol. The van der Waals surface area contributed by atoms with Crippen LogP contribution in [0.2, 0.25) is 0 Å². The molecule has 0 aliphatic carbocycles. The van der Waals surface area contributed by atoms with Crippen molar-refractivity contribution in [1.29, 1.82) is 0 Å². The molecule has 4 rings (SSSR count). The van der Waals surface area contributed by atoms with Gasteiger partial charge in [-0.15, -0.1) is 0 Å². The Kier molecular flexibility index (Phi) is 9.43. The number of halogens is 4. The third-order valence-electron chi connectivity index (χ3n) is 7.76. The number of aryl methyl sites for hydroxylation is 1. The summed E-state index contributed by atoms with van der Waals surface area (Å²) in [5.74, 6) is -1.02. The zero-order valence-electron chi connectivity index (χ0n) is 22.0. The number of rotatable bonds is 11. The fourth-order valence-electron chi connectivity index (χ4n) is 5.62. The Bertz CT molecular complexity index is 1270. The Labute approximate surface area is 225 Å².